The van der Waals surface area contributed by atoms with E-state index in [0.717, 1.165) is 12.8 Å². The molecule has 1 saturated carbocycles. The first-order valence-electron chi connectivity index (χ1n) is 8.36. The Morgan fingerprint density at radius 1 is 1.35 bits per heavy atom. The molecule has 128 valence electrons. The molecule has 0 bridgehead atoms. The number of carbonyl (C=O) groups is 2. The van der Waals surface area contributed by atoms with Crippen LogP contribution < -0.4 is 0 Å². The zero-order chi connectivity index (χ0) is 17.0. The molecule has 0 saturated heterocycles. The lowest BCUT2D eigenvalue weighted by Crippen LogP contribution is -2.36. The Kier molecular flexibility index (Phi) is 5.85. The Bertz CT molecular complexity index is 549. The Hall–Kier alpha value is -1.78. The summed E-state index contributed by atoms with van der Waals surface area (Å²) in [6.45, 7) is 6.18. The number of esters is 2. The number of nitrogens with zero attached hydrogens (tertiary/aromatic N) is 1. The van der Waals surface area contributed by atoms with Crippen LogP contribution >= 0.6 is 0 Å². The van der Waals surface area contributed by atoms with Gasteiger partial charge in [0.25, 0.3) is 0 Å². The monoisotopic (exact) mass is 321 g/mol. The molecule has 1 fully saturated rings. The lowest BCUT2D eigenvalue weighted by atomic mass is 9.75. The maximum atomic E-state index is 12.0. The van der Waals surface area contributed by atoms with Gasteiger partial charge in [0, 0.05) is 13.2 Å². The quantitative estimate of drug-likeness (QED) is 0.782. The van der Waals surface area contributed by atoms with E-state index in [-0.39, 0.29) is 12.7 Å². The SMILES string of the molecule is CC(C)[C@H]1CC[C@H](C)C[C@H]1OC(=O)COC(=O)c1cccn1C. The molecule has 0 aliphatic heterocycles. The second kappa shape index (κ2) is 7.66. The van der Waals surface area contributed by atoms with Crippen LogP contribution in [0.5, 0.6) is 0 Å². The topological polar surface area (TPSA) is 57.5 Å². The molecular formula is C18H27NO4. The molecule has 0 spiro atoms. The number of hydrogen-bond acceptors (Lipinski definition) is 4. The van der Waals surface area contributed by atoms with Crippen LogP contribution in [0, 0.1) is 17.8 Å². The molecule has 0 N–H and O–H groups in total. The van der Waals surface area contributed by atoms with Gasteiger partial charge in [0.2, 0.25) is 0 Å². The third kappa shape index (κ3) is 4.60. The van der Waals surface area contributed by atoms with Crippen LogP contribution in [-0.4, -0.2) is 29.2 Å². The van der Waals surface area contributed by atoms with Gasteiger partial charge < -0.3 is 14.0 Å². The highest BCUT2D eigenvalue weighted by Gasteiger charge is 2.33. The van der Waals surface area contributed by atoms with Crippen molar-refractivity contribution >= 4 is 11.9 Å². The van der Waals surface area contributed by atoms with Crippen molar-refractivity contribution in [2.75, 3.05) is 6.61 Å². The van der Waals surface area contributed by atoms with E-state index in [1.54, 1.807) is 29.9 Å². The Morgan fingerprint density at radius 3 is 2.70 bits per heavy atom. The average Bonchev–Trinajstić information content (AvgIpc) is 2.90. The number of aromatic nitrogens is 1. The maximum absolute atomic E-state index is 12.0. The van der Waals surface area contributed by atoms with E-state index >= 15 is 0 Å². The third-order valence-electron chi connectivity index (χ3n) is 4.72. The van der Waals surface area contributed by atoms with Gasteiger partial charge in [-0.05, 0) is 42.7 Å². The molecule has 1 heterocycles. The number of ether oxygens (including phenoxy) is 2. The van der Waals surface area contributed by atoms with Crippen LogP contribution in [0.1, 0.15) is 50.5 Å². The van der Waals surface area contributed by atoms with Crippen molar-refractivity contribution in [1.29, 1.82) is 0 Å². The van der Waals surface area contributed by atoms with E-state index in [1.807, 2.05) is 0 Å². The van der Waals surface area contributed by atoms with Gasteiger partial charge in [-0.15, -0.1) is 0 Å². The normalized spacial score (nSPS) is 24.5. The fourth-order valence-electron chi connectivity index (χ4n) is 3.32. The molecule has 0 radical (unpaired) electrons. The number of rotatable bonds is 5. The molecule has 1 aliphatic carbocycles. The van der Waals surface area contributed by atoms with Crippen LogP contribution in [0.4, 0.5) is 0 Å². The average molecular weight is 321 g/mol. The number of carbonyl (C=O) groups excluding carboxylic acids is 2. The summed E-state index contributed by atoms with van der Waals surface area (Å²) in [6.07, 6.45) is 4.84. The van der Waals surface area contributed by atoms with Gasteiger partial charge in [0.15, 0.2) is 6.61 Å². The third-order valence-corrected chi connectivity index (χ3v) is 4.72. The predicted octanol–water partition coefficient (Wildman–Crippen LogP) is 3.19. The van der Waals surface area contributed by atoms with E-state index in [1.165, 1.54) is 6.42 Å². The highest BCUT2D eigenvalue weighted by Crippen LogP contribution is 2.35. The summed E-state index contributed by atoms with van der Waals surface area (Å²) in [5.41, 5.74) is 0.421. The van der Waals surface area contributed by atoms with E-state index in [2.05, 4.69) is 20.8 Å². The molecule has 1 aromatic rings. The summed E-state index contributed by atoms with van der Waals surface area (Å²) in [7, 11) is 1.76. The smallest absolute Gasteiger partial charge is 0.355 e. The van der Waals surface area contributed by atoms with Crippen molar-refractivity contribution in [2.24, 2.45) is 24.8 Å². The zero-order valence-electron chi connectivity index (χ0n) is 14.5. The molecule has 2 rings (SSSR count). The standard InChI is InChI=1S/C18H27NO4/c1-12(2)14-8-7-13(3)10-16(14)23-17(20)11-22-18(21)15-6-5-9-19(15)4/h5-6,9,12-14,16H,7-8,10-11H2,1-4H3/t13-,14+,16+/m0/s1. The zero-order valence-corrected chi connectivity index (χ0v) is 14.5. The van der Waals surface area contributed by atoms with Crippen molar-refractivity contribution in [3.63, 3.8) is 0 Å². The van der Waals surface area contributed by atoms with Gasteiger partial charge >= 0.3 is 11.9 Å². The molecule has 0 unspecified atom stereocenters. The van der Waals surface area contributed by atoms with Crippen molar-refractivity contribution < 1.29 is 19.1 Å². The summed E-state index contributed by atoms with van der Waals surface area (Å²) < 4.78 is 12.3. The fraction of sp³-hybridized carbons (Fsp3) is 0.667. The Balaban J connectivity index is 1.85. The minimum absolute atomic E-state index is 0.0695. The van der Waals surface area contributed by atoms with Crippen molar-refractivity contribution in [3.05, 3.63) is 24.0 Å². The molecule has 5 nitrogen and oxygen atoms in total. The lowest BCUT2D eigenvalue weighted by Gasteiger charge is -2.36. The summed E-state index contributed by atoms with van der Waals surface area (Å²) >= 11 is 0. The van der Waals surface area contributed by atoms with Crippen molar-refractivity contribution in [3.8, 4) is 0 Å². The summed E-state index contributed by atoms with van der Waals surface area (Å²) in [6, 6.07) is 3.41. The molecule has 23 heavy (non-hydrogen) atoms. The van der Waals surface area contributed by atoms with Gasteiger partial charge in [-0.1, -0.05) is 27.2 Å². The number of hydrogen-bond donors (Lipinski definition) is 0. The second-order valence-electron chi connectivity index (χ2n) is 6.93. The minimum atomic E-state index is -0.508. The molecular weight excluding hydrogens is 294 g/mol. The first-order chi connectivity index (χ1) is 10.9. The van der Waals surface area contributed by atoms with Gasteiger partial charge in [0.05, 0.1) is 0 Å². The fourth-order valence-corrected chi connectivity index (χ4v) is 3.32. The van der Waals surface area contributed by atoms with Crippen LogP contribution in [-0.2, 0) is 21.3 Å². The molecule has 1 aliphatic rings. The van der Waals surface area contributed by atoms with Crippen LogP contribution in [0.2, 0.25) is 0 Å². The summed E-state index contributed by atoms with van der Waals surface area (Å²) in [4.78, 5) is 23.9. The van der Waals surface area contributed by atoms with Gasteiger partial charge in [0.1, 0.15) is 11.8 Å². The molecule has 0 amide bonds. The van der Waals surface area contributed by atoms with Crippen LogP contribution in [0.3, 0.4) is 0 Å². The van der Waals surface area contributed by atoms with E-state index in [4.69, 9.17) is 9.47 Å². The molecule has 3 atom stereocenters. The number of aryl methyl sites for hydroxylation is 1. The van der Waals surface area contributed by atoms with E-state index in [0.29, 0.717) is 23.4 Å². The van der Waals surface area contributed by atoms with Crippen molar-refractivity contribution in [2.45, 2.75) is 46.1 Å². The minimum Gasteiger partial charge on any atom is -0.460 e. The molecule has 0 aromatic carbocycles. The Morgan fingerprint density at radius 2 is 2.09 bits per heavy atom. The maximum Gasteiger partial charge on any atom is 0.355 e. The first kappa shape index (κ1) is 17.6. The lowest BCUT2D eigenvalue weighted by molar-refractivity contribution is -0.159. The van der Waals surface area contributed by atoms with E-state index < -0.39 is 11.9 Å². The summed E-state index contributed by atoms with van der Waals surface area (Å²) in [5.74, 6) is 0.461. The second-order valence-corrected chi connectivity index (χ2v) is 6.93. The molecule has 1 aromatic heterocycles. The van der Waals surface area contributed by atoms with Crippen LogP contribution in [0.25, 0.3) is 0 Å². The highest BCUT2D eigenvalue weighted by molar-refractivity contribution is 5.89. The van der Waals surface area contributed by atoms with Crippen LogP contribution in [0.15, 0.2) is 18.3 Å². The van der Waals surface area contributed by atoms with Gasteiger partial charge in [-0.25, -0.2) is 9.59 Å². The van der Waals surface area contributed by atoms with Gasteiger partial charge in [-0.3, -0.25) is 0 Å². The first-order valence-corrected chi connectivity index (χ1v) is 8.36. The highest BCUT2D eigenvalue weighted by atomic mass is 16.6. The Labute approximate surface area is 138 Å². The largest absolute Gasteiger partial charge is 0.460 e. The molecule has 5 heteroatoms. The predicted molar refractivity (Wildman–Crippen MR) is 86.9 cm³/mol. The van der Waals surface area contributed by atoms with Crippen molar-refractivity contribution in [1.82, 2.24) is 4.57 Å². The summed E-state index contributed by atoms with van der Waals surface area (Å²) in [5, 5.41) is 0. The van der Waals surface area contributed by atoms with Gasteiger partial charge in [-0.2, -0.15) is 0 Å². The van der Waals surface area contributed by atoms with E-state index in [9.17, 15) is 9.59 Å².